The predicted octanol–water partition coefficient (Wildman–Crippen LogP) is 1.28. The Hall–Kier alpha value is -1.30. The lowest BCUT2D eigenvalue weighted by Gasteiger charge is -2.23. The molecule has 0 aromatic heterocycles. The monoisotopic (exact) mass is 269 g/mol. The number of rotatable bonds is 8. The van der Waals surface area contributed by atoms with Gasteiger partial charge in [0.15, 0.2) is 11.5 Å². The molecule has 0 bridgehead atoms. The molecular weight excluding hydrogens is 246 g/mol. The van der Waals surface area contributed by atoms with E-state index in [1.807, 2.05) is 6.07 Å². The molecule has 0 aliphatic heterocycles. The molecule has 1 rings (SSSR count). The number of aromatic hydroxyl groups is 1. The van der Waals surface area contributed by atoms with Crippen LogP contribution in [-0.2, 0) is 11.3 Å². The molecule has 1 atom stereocenters. The lowest BCUT2D eigenvalue weighted by atomic mass is 10.0. The van der Waals surface area contributed by atoms with Crippen LogP contribution in [-0.4, -0.2) is 43.2 Å². The second kappa shape index (κ2) is 7.33. The third-order valence-electron chi connectivity index (χ3n) is 2.92. The Morgan fingerprint density at radius 1 is 1.32 bits per heavy atom. The molecule has 0 aliphatic carbocycles. The zero-order chi connectivity index (χ0) is 14.3. The van der Waals surface area contributed by atoms with Crippen molar-refractivity contribution < 1.29 is 19.7 Å². The minimum atomic E-state index is -0.795. The molecule has 0 amide bonds. The third kappa shape index (κ3) is 5.46. The number of nitrogens with one attached hydrogen (secondary N) is 1. The molecule has 19 heavy (non-hydrogen) atoms. The molecule has 0 saturated carbocycles. The normalized spacial score (nSPS) is 14.1. The Bertz CT molecular complexity index is 393. The molecular formula is C14H23NO4. The summed E-state index contributed by atoms with van der Waals surface area (Å²) >= 11 is 0. The van der Waals surface area contributed by atoms with E-state index in [1.54, 1.807) is 26.2 Å². The van der Waals surface area contributed by atoms with Crippen molar-refractivity contribution in [2.45, 2.75) is 25.5 Å². The third-order valence-corrected chi connectivity index (χ3v) is 2.92. The number of ether oxygens (including phenoxy) is 2. The van der Waals surface area contributed by atoms with Gasteiger partial charge in [-0.15, -0.1) is 0 Å². The van der Waals surface area contributed by atoms with Gasteiger partial charge in [0.1, 0.15) is 0 Å². The highest BCUT2D eigenvalue weighted by atomic mass is 16.5. The first-order valence-corrected chi connectivity index (χ1v) is 6.26. The standard InChI is InChI=1S/C14H23NO4/c1-14(17,6-7-18-2)10-15-9-11-4-5-12(16)13(8-11)19-3/h4-5,8,15-17H,6-7,9-10H2,1-3H3. The number of phenolic OH excluding ortho intramolecular Hbond substituents is 1. The van der Waals surface area contributed by atoms with Crippen LogP contribution in [0.5, 0.6) is 11.5 Å². The molecule has 0 saturated heterocycles. The Kier molecular flexibility index (Phi) is 6.08. The first-order chi connectivity index (χ1) is 8.98. The van der Waals surface area contributed by atoms with Crippen LogP contribution in [0.2, 0.25) is 0 Å². The number of hydrogen-bond donors (Lipinski definition) is 3. The predicted molar refractivity (Wildman–Crippen MR) is 73.5 cm³/mol. The number of phenols is 1. The zero-order valence-electron chi connectivity index (χ0n) is 11.8. The Labute approximate surface area is 114 Å². The molecule has 108 valence electrons. The van der Waals surface area contributed by atoms with E-state index in [-0.39, 0.29) is 5.75 Å². The highest BCUT2D eigenvalue weighted by Gasteiger charge is 2.19. The molecule has 3 N–H and O–H groups in total. The van der Waals surface area contributed by atoms with Crippen molar-refractivity contribution in [3.8, 4) is 11.5 Å². The van der Waals surface area contributed by atoms with Crippen LogP contribution in [0.25, 0.3) is 0 Å². The van der Waals surface area contributed by atoms with E-state index < -0.39 is 5.60 Å². The summed E-state index contributed by atoms with van der Waals surface area (Å²) in [6.45, 7) is 3.37. The molecule has 1 aromatic rings. The number of methoxy groups -OCH3 is 2. The fourth-order valence-corrected chi connectivity index (χ4v) is 1.72. The van der Waals surface area contributed by atoms with Gasteiger partial charge < -0.3 is 25.0 Å². The van der Waals surface area contributed by atoms with E-state index in [0.717, 1.165) is 5.56 Å². The van der Waals surface area contributed by atoms with Crippen LogP contribution in [0.3, 0.4) is 0 Å². The molecule has 1 aromatic carbocycles. The van der Waals surface area contributed by atoms with Gasteiger partial charge in [0, 0.05) is 33.2 Å². The second-order valence-corrected chi connectivity index (χ2v) is 4.85. The van der Waals surface area contributed by atoms with Gasteiger partial charge in [-0.1, -0.05) is 6.07 Å². The largest absolute Gasteiger partial charge is 0.504 e. The van der Waals surface area contributed by atoms with Gasteiger partial charge in [0.05, 0.1) is 12.7 Å². The molecule has 1 unspecified atom stereocenters. The molecule has 0 heterocycles. The summed E-state index contributed by atoms with van der Waals surface area (Å²) in [5.74, 6) is 0.573. The number of benzene rings is 1. The zero-order valence-corrected chi connectivity index (χ0v) is 11.8. The van der Waals surface area contributed by atoms with Gasteiger partial charge in [-0.3, -0.25) is 0 Å². The summed E-state index contributed by atoms with van der Waals surface area (Å²) in [6, 6.07) is 5.18. The summed E-state index contributed by atoms with van der Waals surface area (Å²) in [5, 5.41) is 22.7. The minimum absolute atomic E-state index is 0.123. The van der Waals surface area contributed by atoms with Crippen LogP contribution >= 0.6 is 0 Å². The summed E-state index contributed by atoms with van der Waals surface area (Å²) in [6.07, 6.45) is 0.579. The van der Waals surface area contributed by atoms with Gasteiger partial charge in [-0.25, -0.2) is 0 Å². The van der Waals surface area contributed by atoms with Crippen molar-refractivity contribution in [3.63, 3.8) is 0 Å². The Morgan fingerprint density at radius 3 is 2.68 bits per heavy atom. The van der Waals surface area contributed by atoms with Crippen LogP contribution in [0.4, 0.5) is 0 Å². The van der Waals surface area contributed by atoms with Gasteiger partial charge in [0.25, 0.3) is 0 Å². The van der Waals surface area contributed by atoms with Crippen LogP contribution in [0, 0.1) is 0 Å². The Morgan fingerprint density at radius 2 is 2.05 bits per heavy atom. The van der Waals surface area contributed by atoms with Crippen molar-refractivity contribution in [1.29, 1.82) is 0 Å². The molecule has 0 fully saturated rings. The average Bonchev–Trinajstić information content (AvgIpc) is 2.38. The van der Waals surface area contributed by atoms with Crippen molar-refractivity contribution in [2.75, 3.05) is 27.4 Å². The van der Waals surface area contributed by atoms with Crippen molar-refractivity contribution in [1.82, 2.24) is 5.32 Å². The average molecular weight is 269 g/mol. The molecule has 5 heteroatoms. The van der Waals surface area contributed by atoms with E-state index in [0.29, 0.717) is 31.9 Å². The van der Waals surface area contributed by atoms with E-state index in [2.05, 4.69) is 5.32 Å². The van der Waals surface area contributed by atoms with Crippen molar-refractivity contribution in [2.24, 2.45) is 0 Å². The van der Waals surface area contributed by atoms with E-state index >= 15 is 0 Å². The Balaban J connectivity index is 2.44. The SMILES string of the molecule is COCCC(C)(O)CNCc1ccc(O)c(OC)c1. The molecule has 5 nitrogen and oxygen atoms in total. The van der Waals surface area contributed by atoms with E-state index in [4.69, 9.17) is 9.47 Å². The quantitative estimate of drug-likeness (QED) is 0.663. The summed E-state index contributed by atoms with van der Waals surface area (Å²) < 4.78 is 10.00. The first-order valence-electron chi connectivity index (χ1n) is 6.26. The molecule has 0 radical (unpaired) electrons. The lowest BCUT2D eigenvalue weighted by molar-refractivity contribution is 0.0247. The number of hydrogen-bond acceptors (Lipinski definition) is 5. The minimum Gasteiger partial charge on any atom is -0.504 e. The fourth-order valence-electron chi connectivity index (χ4n) is 1.72. The van der Waals surface area contributed by atoms with Gasteiger partial charge >= 0.3 is 0 Å². The van der Waals surface area contributed by atoms with E-state index in [1.165, 1.54) is 7.11 Å². The summed E-state index contributed by atoms with van der Waals surface area (Å²) in [5.41, 5.74) is 0.189. The maximum Gasteiger partial charge on any atom is 0.160 e. The molecule has 0 spiro atoms. The maximum absolute atomic E-state index is 10.1. The second-order valence-electron chi connectivity index (χ2n) is 4.85. The van der Waals surface area contributed by atoms with Gasteiger partial charge in [0.2, 0.25) is 0 Å². The van der Waals surface area contributed by atoms with Crippen LogP contribution in [0.15, 0.2) is 18.2 Å². The highest BCUT2D eigenvalue weighted by molar-refractivity contribution is 5.41. The molecule has 0 aliphatic rings. The summed E-state index contributed by atoms with van der Waals surface area (Å²) in [7, 11) is 3.13. The first kappa shape index (κ1) is 15.8. The van der Waals surface area contributed by atoms with Gasteiger partial charge in [-0.2, -0.15) is 0 Å². The fraction of sp³-hybridized carbons (Fsp3) is 0.571. The van der Waals surface area contributed by atoms with Crippen molar-refractivity contribution >= 4 is 0 Å². The topological polar surface area (TPSA) is 71.0 Å². The summed E-state index contributed by atoms with van der Waals surface area (Å²) in [4.78, 5) is 0. The lowest BCUT2D eigenvalue weighted by Crippen LogP contribution is -2.38. The smallest absolute Gasteiger partial charge is 0.160 e. The highest BCUT2D eigenvalue weighted by Crippen LogP contribution is 2.26. The van der Waals surface area contributed by atoms with Crippen molar-refractivity contribution in [3.05, 3.63) is 23.8 Å². The van der Waals surface area contributed by atoms with Crippen LogP contribution in [0.1, 0.15) is 18.9 Å². The van der Waals surface area contributed by atoms with Gasteiger partial charge in [-0.05, 0) is 24.6 Å². The van der Waals surface area contributed by atoms with Crippen LogP contribution < -0.4 is 10.1 Å². The van der Waals surface area contributed by atoms with E-state index in [9.17, 15) is 10.2 Å². The maximum atomic E-state index is 10.1. The number of aliphatic hydroxyl groups is 1.